The van der Waals surface area contributed by atoms with Crippen molar-refractivity contribution in [1.82, 2.24) is 5.32 Å². The molecule has 0 atom stereocenters. The largest absolute Gasteiger partial charge is 0.397 e. The van der Waals surface area contributed by atoms with Gasteiger partial charge in [0.05, 0.1) is 11.4 Å². The van der Waals surface area contributed by atoms with E-state index in [4.69, 9.17) is 11.5 Å². The third kappa shape index (κ3) is 4.70. The molecule has 0 bridgehead atoms. The highest BCUT2D eigenvalue weighted by molar-refractivity contribution is 5.63. The Kier molecular flexibility index (Phi) is 4.98. The molecule has 2 rings (SSSR count). The summed E-state index contributed by atoms with van der Waals surface area (Å²) in [6.45, 7) is 4.48. The number of piperidine rings is 1. The number of rotatable bonds is 0. The zero-order chi connectivity index (χ0) is 11.1. The summed E-state index contributed by atoms with van der Waals surface area (Å²) in [4.78, 5) is 0. The predicted octanol–water partition coefficient (Wildman–Crippen LogP) is 1.92. The first-order valence-corrected chi connectivity index (χ1v) is 5.52. The van der Waals surface area contributed by atoms with Gasteiger partial charge in [-0.2, -0.15) is 0 Å². The number of nitrogen functional groups attached to an aromatic ring is 2. The van der Waals surface area contributed by atoms with Crippen molar-refractivity contribution < 1.29 is 0 Å². The maximum absolute atomic E-state index is 5.50. The first-order chi connectivity index (χ1) is 7.20. The van der Waals surface area contributed by atoms with E-state index in [1.54, 1.807) is 0 Å². The van der Waals surface area contributed by atoms with E-state index in [-0.39, 0.29) is 0 Å². The Bertz CT molecular complexity index is 281. The zero-order valence-corrected chi connectivity index (χ0v) is 9.42. The lowest BCUT2D eigenvalue weighted by atomic mass is 10.2. The maximum atomic E-state index is 5.50. The molecule has 3 heteroatoms. The summed E-state index contributed by atoms with van der Waals surface area (Å²) >= 11 is 0. The Morgan fingerprint density at radius 1 is 1.00 bits per heavy atom. The second-order valence-corrected chi connectivity index (χ2v) is 3.94. The van der Waals surface area contributed by atoms with Crippen LogP contribution in [0.5, 0.6) is 0 Å². The summed E-state index contributed by atoms with van der Waals surface area (Å²) in [7, 11) is 0. The highest BCUT2D eigenvalue weighted by atomic mass is 14.9. The van der Waals surface area contributed by atoms with Gasteiger partial charge in [-0.25, -0.2) is 0 Å². The van der Waals surface area contributed by atoms with Crippen molar-refractivity contribution >= 4 is 11.4 Å². The van der Waals surface area contributed by atoms with E-state index in [2.05, 4.69) is 5.32 Å². The lowest BCUT2D eigenvalue weighted by Gasteiger charge is -2.08. The molecule has 0 amide bonds. The Morgan fingerprint density at radius 2 is 1.67 bits per heavy atom. The standard InChI is InChI=1S/C7H10N2.C5H11N/c1-5-2-3-6(8)7(9)4-5;1-2-4-6-5-3-1/h2-4H,8-9H2,1H3;6H,1-5H2. The molecule has 5 N–H and O–H groups in total. The summed E-state index contributed by atoms with van der Waals surface area (Å²) in [5, 5.41) is 3.28. The van der Waals surface area contributed by atoms with Crippen molar-refractivity contribution in [3.8, 4) is 0 Å². The van der Waals surface area contributed by atoms with Gasteiger partial charge in [0.1, 0.15) is 0 Å². The molecule has 0 aliphatic carbocycles. The van der Waals surface area contributed by atoms with Crippen LogP contribution in [0.15, 0.2) is 18.2 Å². The van der Waals surface area contributed by atoms with Crippen LogP contribution in [0.25, 0.3) is 0 Å². The van der Waals surface area contributed by atoms with Crippen LogP contribution in [0.4, 0.5) is 11.4 Å². The van der Waals surface area contributed by atoms with Gasteiger partial charge in [0.2, 0.25) is 0 Å². The van der Waals surface area contributed by atoms with Crippen LogP contribution in [-0.4, -0.2) is 13.1 Å². The molecular formula is C12H21N3. The average molecular weight is 207 g/mol. The van der Waals surface area contributed by atoms with Gasteiger partial charge >= 0.3 is 0 Å². The van der Waals surface area contributed by atoms with Gasteiger partial charge in [-0.3, -0.25) is 0 Å². The van der Waals surface area contributed by atoms with Gasteiger partial charge in [0.25, 0.3) is 0 Å². The molecule has 1 aromatic carbocycles. The summed E-state index contributed by atoms with van der Waals surface area (Å²) in [6.07, 6.45) is 4.22. The molecule has 0 aromatic heterocycles. The van der Waals surface area contributed by atoms with Crippen molar-refractivity contribution in [2.75, 3.05) is 24.6 Å². The van der Waals surface area contributed by atoms with Crippen LogP contribution in [0, 0.1) is 6.92 Å². The van der Waals surface area contributed by atoms with Gasteiger partial charge in [-0.15, -0.1) is 0 Å². The van der Waals surface area contributed by atoms with Gasteiger partial charge in [0.15, 0.2) is 0 Å². The van der Waals surface area contributed by atoms with Crippen LogP contribution < -0.4 is 16.8 Å². The molecule has 1 aromatic rings. The minimum atomic E-state index is 0.653. The van der Waals surface area contributed by atoms with Crippen LogP contribution in [0.3, 0.4) is 0 Å². The van der Waals surface area contributed by atoms with Gasteiger partial charge < -0.3 is 16.8 Å². The van der Waals surface area contributed by atoms with Crippen molar-refractivity contribution in [3.63, 3.8) is 0 Å². The molecule has 0 radical (unpaired) electrons. The van der Waals surface area contributed by atoms with Crippen LogP contribution >= 0.6 is 0 Å². The van der Waals surface area contributed by atoms with Crippen molar-refractivity contribution in [1.29, 1.82) is 0 Å². The molecule has 1 heterocycles. The molecule has 1 saturated heterocycles. The van der Waals surface area contributed by atoms with Crippen molar-refractivity contribution in [3.05, 3.63) is 23.8 Å². The first kappa shape index (κ1) is 11.9. The van der Waals surface area contributed by atoms with Gasteiger partial charge in [-0.05, 0) is 50.6 Å². The number of hydrogen-bond acceptors (Lipinski definition) is 3. The Hall–Kier alpha value is -1.22. The van der Waals surface area contributed by atoms with E-state index < -0.39 is 0 Å². The molecule has 0 unspecified atom stereocenters. The van der Waals surface area contributed by atoms with E-state index in [1.807, 2.05) is 25.1 Å². The lowest BCUT2D eigenvalue weighted by Crippen LogP contribution is -2.21. The molecule has 1 aliphatic rings. The van der Waals surface area contributed by atoms with Gasteiger partial charge in [-0.1, -0.05) is 12.5 Å². The Morgan fingerprint density at radius 3 is 2.00 bits per heavy atom. The second-order valence-electron chi connectivity index (χ2n) is 3.94. The zero-order valence-electron chi connectivity index (χ0n) is 9.42. The smallest absolute Gasteiger partial charge is 0.0550 e. The van der Waals surface area contributed by atoms with E-state index in [9.17, 15) is 0 Å². The second kappa shape index (κ2) is 6.30. The summed E-state index contributed by atoms with van der Waals surface area (Å²) in [6, 6.07) is 5.60. The number of aryl methyl sites for hydroxylation is 1. The minimum Gasteiger partial charge on any atom is -0.397 e. The Labute approximate surface area is 91.9 Å². The van der Waals surface area contributed by atoms with Crippen LogP contribution in [0.2, 0.25) is 0 Å². The fourth-order valence-corrected chi connectivity index (χ4v) is 1.50. The summed E-state index contributed by atoms with van der Waals surface area (Å²) < 4.78 is 0. The minimum absolute atomic E-state index is 0.653. The highest BCUT2D eigenvalue weighted by Gasteiger charge is 1.93. The van der Waals surface area contributed by atoms with Crippen molar-refractivity contribution in [2.45, 2.75) is 26.2 Å². The number of nitrogens with two attached hydrogens (primary N) is 2. The molecule has 0 saturated carbocycles. The molecular weight excluding hydrogens is 186 g/mol. The normalized spacial score (nSPS) is 15.3. The fraction of sp³-hybridized carbons (Fsp3) is 0.500. The van der Waals surface area contributed by atoms with Crippen molar-refractivity contribution in [2.24, 2.45) is 0 Å². The van der Waals surface area contributed by atoms with E-state index in [0.29, 0.717) is 11.4 Å². The van der Waals surface area contributed by atoms with E-state index >= 15 is 0 Å². The first-order valence-electron chi connectivity index (χ1n) is 5.52. The molecule has 84 valence electrons. The van der Waals surface area contributed by atoms with E-state index in [1.165, 1.54) is 32.4 Å². The predicted molar refractivity (Wildman–Crippen MR) is 66.7 cm³/mol. The number of hydrogen-bond donors (Lipinski definition) is 3. The third-order valence-electron chi connectivity index (χ3n) is 2.45. The van der Waals surface area contributed by atoms with Crippen LogP contribution in [0.1, 0.15) is 24.8 Å². The molecule has 3 nitrogen and oxygen atoms in total. The monoisotopic (exact) mass is 207 g/mol. The number of nitrogens with one attached hydrogen (secondary N) is 1. The quantitative estimate of drug-likeness (QED) is 0.569. The molecule has 0 spiro atoms. The highest BCUT2D eigenvalue weighted by Crippen LogP contribution is 2.14. The number of benzene rings is 1. The van der Waals surface area contributed by atoms with Gasteiger partial charge in [0, 0.05) is 0 Å². The average Bonchev–Trinajstić information content (AvgIpc) is 2.27. The number of anilines is 2. The maximum Gasteiger partial charge on any atom is 0.0550 e. The summed E-state index contributed by atoms with van der Waals surface area (Å²) in [5.41, 5.74) is 13.4. The topological polar surface area (TPSA) is 64.1 Å². The Balaban J connectivity index is 0.000000162. The SMILES string of the molecule is C1CCNCC1.Cc1ccc(N)c(N)c1. The fourth-order valence-electron chi connectivity index (χ4n) is 1.50. The third-order valence-corrected chi connectivity index (χ3v) is 2.45. The van der Waals surface area contributed by atoms with E-state index in [0.717, 1.165) is 5.56 Å². The molecule has 15 heavy (non-hydrogen) atoms. The molecule has 1 aliphatic heterocycles. The molecule has 1 fully saturated rings. The summed E-state index contributed by atoms with van der Waals surface area (Å²) in [5.74, 6) is 0. The van der Waals surface area contributed by atoms with Crippen LogP contribution in [-0.2, 0) is 0 Å². The lowest BCUT2D eigenvalue weighted by molar-refractivity contribution is 0.520.